The zero-order chi connectivity index (χ0) is 10.8. The molecule has 1 N–H and O–H groups in total. The SMILES string of the molecule is Cc1ccn(C)c1CCC1COC(=O)N1. The van der Waals surface area contributed by atoms with Crippen LogP contribution in [0.5, 0.6) is 0 Å². The van der Waals surface area contributed by atoms with Crippen LogP contribution in [0.1, 0.15) is 17.7 Å². The summed E-state index contributed by atoms with van der Waals surface area (Å²) in [4.78, 5) is 10.8. The number of carbonyl (C=O) groups excluding carboxylic acids is 1. The largest absolute Gasteiger partial charge is 0.447 e. The Labute approximate surface area is 89.2 Å². The Balaban J connectivity index is 1.90. The fourth-order valence-corrected chi connectivity index (χ4v) is 1.95. The maximum atomic E-state index is 10.8. The predicted octanol–water partition coefficient (Wildman–Crippen LogP) is 1.37. The first-order valence-electron chi connectivity index (χ1n) is 5.21. The van der Waals surface area contributed by atoms with Crippen molar-refractivity contribution < 1.29 is 9.53 Å². The molecule has 2 rings (SSSR count). The Kier molecular flexibility index (Phi) is 2.66. The van der Waals surface area contributed by atoms with Crippen LogP contribution in [-0.4, -0.2) is 23.3 Å². The van der Waals surface area contributed by atoms with Crippen molar-refractivity contribution in [2.24, 2.45) is 7.05 Å². The third-order valence-electron chi connectivity index (χ3n) is 2.90. The molecule has 1 aromatic heterocycles. The lowest BCUT2D eigenvalue weighted by Crippen LogP contribution is -2.26. The number of rotatable bonds is 3. The molecule has 1 aromatic rings. The van der Waals surface area contributed by atoms with Gasteiger partial charge in [0.05, 0.1) is 6.04 Å². The molecule has 15 heavy (non-hydrogen) atoms. The summed E-state index contributed by atoms with van der Waals surface area (Å²) < 4.78 is 6.97. The van der Waals surface area contributed by atoms with Crippen LogP contribution in [0.25, 0.3) is 0 Å². The molecule has 1 atom stereocenters. The van der Waals surface area contributed by atoms with Crippen molar-refractivity contribution in [3.8, 4) is 0 Å². The zero-order valence-electron chi connectivity index (χ0n) is 9.12. The minimum absolute atomic E-state index is 0.173. The van der Waals surface area contributed by atoms with Gasteiger partial charge in [-0.15, -0.1) is 0 Å². The number of nitrogens with zero attached hydrogens (tertiary/aromatic N) is 1. The Bertz CT molecular complexity index is 351. The molecule has 1 amide bonds. The van der Waals surface area contributed by atoms with Crippen molar-refractivity contribution in [2.45, 2.75) is 25.8 Å². The van der Waals surface area contributed by atoms with E-state index >= 15 is 0 Å². The third-order valence-corrected chi connectivity index (χ3v) is 2.90. The van der Waals surface area contributed by atoms with Gasteiger partial charge in [-0.05, 0) is 31.4 Å². The number of nitrogens with one attached hydrogen (secondary N) is 1. The lowest BCUT2D eigenvalue weighted by molar-refractivity contribution is 0.176. The van der Waals surface area contributed by atoms with E-state index in [1.165, 1.54) is 11.3 Å². The van der Waals surface area contributed by atoms with Crippen LogP contribution in [0, 0.1) is 6.92 Å². The summed E-state index contributed by atoms with van der Waals surface area (Å²) in [6.07, 6.45) is 3.69. The number of alkyl carbamates (subject to hydrolysis) is 1. The van der Waals surface area contributed by atoms with Crippen LogP contribution >= 0.6 is 0 Å². The van der Waals surface area contributed by atoms with Crippen molar-refractivity contribution in [1.82, 2.24) is 9.88 Å². The van der Waals surface area contributed by atoms with Crippen molar-refractivity contribution in [2.75, 3.05) is 6.61 Å². The summed E-state index contributed by atoms with van der Waals surface area (Å²) in [6, 6.07) is 2.28. The molecule has 1 aliphatic rings. The van der Waals surface area contributed by atoms with Gasteiger partial charge < -0.3 is 14.6 Å². The van der Waals surface area contributed by atoms with Crippen molar-refractivity contribution >= 4 is 6.09 Å². The molecule has 0 aliphatic carbocycles. The lowest BCUT2D eigenvalue weighted by Gasteiger charge is -2.09. The number of hydrogen-bond acceptors (Lipinski definition) is 2. The minimum Gasteiger partial charge on any atom is -0.447 e. The summed E-state index contributed by atoms with van der Waals surface area (Å²) in [5.41, 5.74) is 2.64. The van der Waals surface area contributed by atoms with Gasteiger partial charge in [-0.25, -0.2) is 4.79 Å². The molecular formula is C11H16N2O2. The number of amides is 1. The Morgan fingerprint density at radius 2 is 2.47 bits per heavy atom. The number of ether oxygens (including phenoxy) is 1. The first-order valence-corrected chi connectivity index (χ1v) is 5.21. The van der Waals surface area contributed by atoms with E-state index in [0.29, 0.717) is 6.61 Å². The van der Waals surface area contributed by atoms with Crippen LogP contribution in [0.2, 0.25) is 0 Å². The van der Waals surface area contributed by atoms with Crippen molar-refractivity contribution in [1.29, 1.82) is 0 Å². The molecule has 0 spiro atoms. The quantitative estimate of drug-likeness (QED) is 0.815. The number of aryl methyl sites for hydroxylation is 2. The highest BCUT2D eigenvalue weighted by Gasteiger charge is 2.22. The highest BCUT2D eigenvalue weighted by atomic mass is 16.6. The summed E-state index contributed by atoms with van der Waals surface area (Å²) in [7, 11) is 2.05. The average Bonchev–Trinajstić information content (AvgIpc) is 2.73. The predicted molar refractivity (Wildman–Crippen MR) is 56.7 cm³/mol. The molecule has 1 unspecified atom stereocenters. The van der Waals surface area contributed by atoms with E-state index in [0.717, 1.165) is 12.8 Å². The van der Waals surface area contributed by atoms with Gasteiger partial charge in [0.15, 0.2) is 0 Å². The molecular weight excluding hydrogens is 192 g/mol. The molecule has 2 heterocycles. The monoisotopic (exact) mass is 208 g/mol. The van der Waals surface area contributed by atoms with Crippen LogP contribution in [0.15, 0.2) is 12.3 Å². The van der Waals surface area contributed by atoms with E-state index in [9.17, 15) is 4.79 Å². The van der Waals surface area contributed by atoms with E-state index in [2.05, 4.69) is 29.1 Å². The van der Waals surface area contributed by atoms with E-state index in [1.807, 2.05) is 7.05 Å². The maximum Gasteiger partial charge on any atom is 0.407 e. The van der Waals surface area contributed by atoms with Gasteiger partial charge in [-0.3, -0.25) is 0 Å². The van der Waals surface area contributed by atoms with Gasteiger partial charge in [-0.2, -0.15) is 0 Å². The van der Waals surface area contributed by atoms with Gasteiger partial charge in [0, 0.05) is 18.9 Å². The molecule has 82 valence electrons. The summed E-state index contributed by atoms with van der Waals surface area (Å²) in [6.45, 7) is 2.61. The second-order valence-electron chi connectivity index (χ2n) is 4.03. The van der Waals surface area contributed by atoms with Crippen molar-refractivity contribution in [3.63, 3.8) is 0 Å². The van der Waals surface area contributed by atoms with Gasteiger partial charge in [0.2, 0.25) is 0 Å². The normalized spacial score (nSPS) is 20.1. The molecule has 1 fully saturated rings. The summed E-state index contributed by atoms with van der Waals surface area (Å²) in [5, 5.41) is 2.78. The van der Waals surface area contributed by atoms with Gasteiger partial charge in [0.25, 0.3) is 0 Å². The third kappa shape index (κ3) is 2.14. The summed E-state index contributed by atoms with van der Waals surface area (Å²) >= 11 is 0. The minimum atomic E-state index is -0.288. The first-order chi connectivity index (χ1) is 7.16. The molecule has 4 nitrogen and oxygen atoms in total. The molecule has 0 aromatic carbocycles. The lowest BCUT2D eigenvalue weighted by atomic mass is 10.1. The smallest absolute Gasteiger partial charge is 0.407 e. The number of cyclic esters (lactones) is 1. The van der Waals surface area contributed by atoms with E-state index < -0.39 is 0 Å². The van der Waals surface area contributed by atoms with E-state index in [-0.39, 0.29) is 12.1 Å². The number of hydrogen-bond donors (Lipinski definition) is 1. The maximum absolute atomic E-state index is 10.8. The zero-order valence-corrected chi connectivity index (χ0v) is 9.12. The van der Waals surface area contributed by atoms with Crippen LogP contribution in [-0.2, 0) is 18.2 Å². The molecule has 1 aliphatic heterocycles. The van der Waals surface area contributed by atoms with Crippen LogP contribution < -0.4 is 5.32 Å². The number of aromatic nitrogens is 1. The van der Waals surface area contributed by atoms with Gasteiger partial charge in [0.1, 0.15) is 6.61 Å². The fourth-order valence-electron chi connectivity index (χ4n) is 1.95. The molecule has 0 radical (unpaired) electrons. The van der Waals surface area contributed by atoms with E-state index in [1.54, 1.807) is 0 Å². The first kappa shape index (κ1) is 10.1. The Morgan fingerprint density at radius 1 is 1.67 bits per heavy atom. The average molecular weight is 208 g/mol. The highest BCUT2D eigenvalue weighted by Crippen LogP contribution is 2.13. The highest BCUT2D eigenvalue weighted by molar-refractivity contribution is 5.69. The second-order valence-corrected chi connectivity index (χ2v) is 4.03. The Morgan fingerprint density at radius 3 is 3.00 bits per heavy atom. The Hall–Kier alpha value is -1.45. The molecule has 0 bridgehead atoms. The van der Waals surface area contributed by atoms with Crippen LogP contribution in [0.3, 0.4) is 0 Å². The molecule has 0 saturated carbocycles. The second kappa shape index (κ2) is 3.96. The van der Waals surface area contributed by atoms with E-state index in [4.69, 9.17) is 4.74 Å². The van der Waals surface area contributed by atoms with Gasteiger partial charge in [-0.1, -0.05) is 0 Å². The fraction of sp³-hybridized carbons (Fsp3) is 0.545. The van der Waals surface area contributed by atoms with Crippen molar-refractivity contribution in [3.05, 3.63) is 23.5 Å². The molecule has 4 heteroatoms. The standard InChI is InChI=1S/C11H16N2O2/c1-8-5-6-13(2)10(8)4-3-9-7-15-11(14)12-9/h5-6,9H,3-4,7H2,1-2H3,(H,12,14). The topological polar surface area (TPSA) is 43.3 Å². The summed E-state index contributed by atoms with van der Waals surface area (Å²) in [5.74, 6) is 0. The van der Waals surface area contributed by atoms with Crippen LogP contribution in [0.4, 0.5) is 4.79 Å². The van der Waals surface area contributed by atoms with Gasteiger partial charge >= 0.3 is 6.09 Å². The molecule has 1 saturated heterocycles. The number of carbonyl (C=O) groups is 1.